The Labute approximate surface area is 165 Å². The van der Waals surface area contributed by atoms with Gasteiger partial charge in [-0.1, -0.05) is 53.6 Å². The second-order valence-electron chi connectivity index (χ2n) is 7.34. The molecule has 0 amide bonds. The second kappa shape index (κ2) is 7.15. The van der Waals surface area contributed by atoms with Gasteiger partial charge in [-0.15, -0.1) is 0 Å². The van der Waals surface area contributed by atoms with Crippen LogP contribution < -0.4 is 0 Å². The lowest BCUT2D eigenvalue weighted by atomic mass is 9.88. The summed E-state index contributed by atoms with van der Waals surface area (Å²) in [4.78, 5) is 0.260. The van der Waals surface area contributed by atoms with Gasteiger partial charge in [0.15, 0.2) is 0 Å². The molecule has 1 aliphatic rings. The van der Waals surface area contributed by atoms with Crippen LogP contribution in [-0.2, 0) is 16.4 Å². The summed E-state index contributed by atoms with van der Waals surface area (Å²) in [5, 5.41) is 0. The molecule has 3 aromatic rings. The van der Waals surface area contributed by atoms with E-state index < -0.39 is 16.1 Å². The molecule has 1 heterocycles. The highest BCUT2D eigenvalue weighted by Gasteiger charge is 2.37. The monoisotopic (exact) mass is 395 g/mol. The number of rotatable bonds is 3. The zero-order valence-corrected chi connectivity index (χ0v) is 16.7. The molecule has 1 unspecified atom stereocenters. The summed E-state index contributed by atoms with van der Waals surface area (Å²) in [5.41, 5.74) is 4.72. The molecular formula is C23H22FNO2S. The maximum atomic E-state index is 14.0. The van der Waals surface area contributed by atoms with Crippen molar-refractivity contribution < 1.29 is 12.8 Å². The van der Waals surface area contributed by atoms with Crippen LogP contribution in [0.1, 0.15) is 33.9 Å². The number of aryl methyl sites for hydroxylation is 2. The topological polar surface area (TPSA) is 37.4 Å². The summed E-state index contributed by atoms with van der Waals surface area (Å²) in [7, 11) is -3.73. The van der Waals surface area contributed by atoms with Crippen LogP contribution in [0.4, 0.5) is 4.39 Å². The van der Waals surface area contributed by atoms with Crippen LogP contribution >= 0.6 is 0 Å². The van der Waals surface area contributed by atoms with Gasteiger partial charge in [0.25, 0.3) is 0 Å². The number of sulfonamides is 1. The van der Waals surface area contributed by atoms with Crippen molar-refractivity contribution in [3.05, 3.63) is 100 Å². The van der Waals surface area contributed by atoms with E-state index in [9.17, 15) is 12.8 Å². The van der Waals surface area contributed by atoms with Crippen molar-refractivity contribution in [3.63, 3.8) is 0 Å². The van der Waals surface area contributed by atoms with Crippen molar-refractivity contribution in [3.8, 4) is 0 Å². The van der Waals surface area contributed by atoms with E-state index in [0.29, 0.717) is 18.5 Å². The zero-order chi connectivity index (χ0) is 19.9. The summed E-state index contributed by atoms with van der Waals surface area (Å²) in [6.07, 6.45) is 0.631. The third-order valence-electron chi connectivity index (χ3n) is 5.28. The fourth-order valence-corrected chi connectivity index (χ4v) is 5.43. The fraction of sp³-hybridized carbons (Fsp3) is 0.217. The predicted octanol–water partition coefficient (Wildman–Crippen LogP) is 4.78. The SMILES string of the molecule is Cc1ccc(S(=O)(=O)N2CCc3ccc(C)cc3C2c2cccc(F)c2)cc1. The summed E-state index contributed by atoms with van der Waals surface area (Å²) in [6.45, 7) is 4.26. The minimum atomic E-state index is -3.73. The molecular weight excluding hydrogens is 373 g/mol. The summed E-state index contributed by atoms with van der Waals surface area (Å²) in [6, 6.07) is 18.7. The number of hydrogen-bond acceptors (Lipinski definition) is 2. The van der Waals surface area contributed by atoms with E-state index in [1.165, 1.54) is 16.4 Å². The third-order valence-corrected chi connectivity index (χ3v) is 7.16. The number of benzene rings is 3. The van der Waals surface area contributed by atoms with Crippen LogP contribution in [0.25, 0.3) is 0 Å². The second-order valence-corrected chi connectivity index (χ2v) is 9.23. The van der Waals surface area contributed by atoms with Gasteiger partial charge < -0.3 is 0 Å². The van der Waals surface area contributed by atoms with Gasteiger partial charge in [0.05, 0.1) is 10.9 Å². The van der Waals surface area contributed by atoms with Crippen molar-refractivity contribution in [1.82, 2.24) is 4.31 Å². The Morgan fingerprint density at radius 3 is 2.36 bits per heavy atom. The summed E-state index contributed by atoms with van der Waals surface area (Å²) >= 11 is 0. The highest BCUT2D eigenvalue weighted by molar-refractivity contribution is 7.89. The molecule has 3 nitrogen and oxygen atoms in total. The number of nitrogens with zero attached hydrogens (tertiary/aromatic N) is 1. The molecule has 0 fully saturated rings. The minimum Gasteiger partial charge on any atom is -0.207 e. The lowest BCUT2D eigenvalue weighted by molar-refractivity contribution is 0.343. The molecule has 1 atom stereocenters. The average Bonchev–Trinajstić information content (AvgIpc) is 2.67. The van der Waals surface area contributed by atoms with Crippen LogP contribution in [-0.4, -0.2) is 19.3 Å². The maximum Gasteiger partial charge on any atom is 0.243 e. The van der Waals surface area contributed by atoms with Gasteiger partial charge in [0, 0.05) is 6.54 Å². The zero-order valence-electron chi connectivity index (χ0n) is 15.9. The predicted molar refractivity (Wildman–Crippen MR) is 108 cm³/mol. The molecule has 3 aromatic carbocycles. The van der Waals surface area contributed by atoms with Crippen molar-refractivity contribution in [2.75, 3.05) is 6.54 Å². The molecule has 4 rings (SSSR count). The first-order chi connectivity index (χ1) is 13.4. The quantitative estimate of drug-likeness (QED) is 0.640. The first kappa shape index (κ1) is 18.8. The number of halogens is 1. The Kier molecular flexibility index (Phi) is 4.81. The van der Waals surface area contributed by atoms with Gasteiger partial charge in [0.2, 0.25) is 10.0 Å². The molecule has 0 N–H and O–H groups in total. The first-order valence-corrected chi connectivity index (χ1v) is 10.7. The minimum absolute atomic E-state index is 0.260. The van der Waals surface area contributed by atoms with E-state index >= 15 is 0 Å². The van der Waals surface area contributed by atoms with Crippen molar-refractivity contribution in [2.24, 2.45) is 0 Å². The van der Waals surface area contributed by atoms with Crippen LogP contribution in [0, 0.1) is 19.7 Å². The molecule has 144 valence electrons. The van der Waals surface area contributed by atoms with E-state index in [2.05, 4.69) is 0 Å². The molecule has 5 heteroatoms. The third kappa shape index (κ3) is 3.36. The standard InChI is InChI=1S/C23H22FNO2S/c1-16-7-10-21(11-8-16)28(26,27)25-13-12-18-9-6-17(2)14-22(18)23(25)19-4-3-5-20(24)15-19/h3-11,14-15,23H,12-13H2,1-2H3. The molecule has 0 radical (unpaired) electrons. The smallest absolute Gasteiger partial charge is 0.207 e. The Morgan fingerprint density at radius 1 is 0.929 bits per heavy atom. The van der Waals surface area contributed by atoms with E-state index in [1.807, 2.05) is 32.0 Å². The van der Waals surface area contributed by atoms with Crippen LogP contribution in [0.5, 0.6) is 0 Å². The van der Waals surface area contributed by atoms with E-state index in [1.54, 1.807) is 36.4 Å². The van der Waals surface area contributed by atoms with Crippen LogP contribution in [0.3, 0.4) is 0 Å². The highest BCUT2D eigenvalue weighted by atomic mass is 32.2. The number of hydrogen-bond donors (Lipinski definition) is 0. The van der Waals surface area contributed by atoms with Crippen molar-refractivity contribution in [1.29, 1.82) is 0 Å². The van der Waals surface area contributed by atoms with Crippen LogP contribution in [0.15, 0.2) is 71.6 Å². The van der Waals surface area contributed by atoms with Gasteiger partial charge in [-0.25, -0.2) is 12.8 Å². The van der Waals surface area contributed by atoms with Gasteiger partial charge in [-0.05, 0) is 61.2 Å². The normalized spacial score (nSPS) is 17.3. The molecule has 0 spiro atoms. The maximum absolute atomic E-state index is 14.0. The summed E-state index contributed by atoms with van der Waals surface area (Å²) < 4.78 is 42.5. The van der Waals surface area contributed by atoms with Gasteiger partial charge in [-0.3, -0.25) is 0 Å². The van der Waals surface area contributed by atoms with Gasteiger partial charge in [-0.2, -0.15) is 4.31 Å². The lowest BCUT2D eigenvalue weighted by Crippen LogP contribution is -2.40. The van der Waals surface area contributed by atoms with E-state index in [0.717, 1.165) is 22.3 Å². The average molecular weight is 395 g/mol. The Morgan fingerprint density at radius 2 is 1.64 bits per heavy atom. The van der Waals surface area contributed by atoms with Crippen molar-refractivity contribution >= 4 is 10.0 Å². The lowest BCUT2D eigenvalue weighted by Gasteiger charge is -2.37. The molecule has 1 aliphatic heterocycles. The summed E-state index contributed by atoms with van der Waals surface area (Å²) in [5.74, 6) is -0.370. The highest BCUT2D eigenvalue weighted by Crippen LogP contribution is 2.39. The number of fused-ring (bicyclic) bond motifs is 1. The molecule has 0 bridgehead atoms. The molecule has 0 aliphatic carbocycles. The van der Waals surface area contributed by atoms with Crippen LogP contribution in [0.2, 0.25) is 0 Å². The molecule has 0 saturated heterocycles. The van der Waals surface area contributed by atoms with E-state index in [4.69, 9.17) is 0 Å². The Balaban J connectivity index is 1.89. The van der Waals surface area contributed by atoms with E-state index in [-0.39, 0.29) is 10.7 Å². The Bertz CT molecular complexity index is 1120. The molecule has 0 aromatic heterocycles. The van der Waals surface area contributed by atoms with Crippen molar-refractivity contribution in [2.45, 2.75) is 31.2 Å². The fourth-order valence-electron chi connectivity index (χ4n) is 3.84. The van der Waals surface area contributed by atoms with Gasteiger partial charge in [0.1, 0.15) is 5.82 Å². The largest absolute Gasteiger partial charge is 0.243 e. The first-order valence-electron chi connectivity index (χ1n) is 9.30. The molecule has 28 heavy (non-hydrogen) atoms. The van der Waals surface area contributed by atoms with Gasteiger partial charge >= 0.3 is 0 Å². The molecule has 0 saturated carbocycles. The Hall–Kier alpha value is -2.50.